The number of aryl methyl sites for hydroxylation is 4. The Balaban J connectivity index is 1.69. The van der Waals surface area contributed by atoms with Gasteiger partial charge in [0.25, 0.3) is 0 Å². The first kappa shape index (κ1) is 41.7. The van der Waals surface area contributed by atoms with E-state index in [0.29, 0.717) is 11.8 Å². The molecule has 287 valence electrons. The Labute approximate surface area is 337 Å². The van der Waals surface area contributed by atoms with E-state index in [0.717, 1.165) is 51.4 Å². The SMILES string of the molecule is CCCc1ccc2c(c1-c1ccccc1CC)C=C(CC(C)C)[CH]2[Zr]([Cl])([Cl])([CH]1C(CC(C)C)=Cc2c1ccc(CCC)c2-c1ccccc1CC)[SiH](C)C. The molecule has 0 spiro atoms. The topological polar surface area (TPSA) is 0 Å². The van der Waals surface area contributed by atoms with Crippen LogP contribution in [0.2, 0.25) is 13.1 Å². The summed E-state index contributed by atoms with van der Waals surface area (Å²) in [5.41, 5.74) is 20.0. The first-order valence-electron chi connectivity index (χ1n) is 21.3. The second-order valence-electron chi connectivity index (χ2n) is 17.6. The molecule has 2 aliphatic rings. The van der Waals surface area contributed by atoms with Crippen LogP contribution in [0.3, 0.4) is 0 Å². The molecule has 0 bridgehead atoms. The van der Waals surface area contributed by atoms with Gasteiger partial charge in [-0.05, 0) is 0 Å². The zero-order valence-electron chi connectivity index (χ0n) is 34.9. The molecule has 0 nitrogen and oxygen atoms in total. The molecule has 2 unspecified atom stereocenters. The van der Waals surface area contributed by atoms with Crippen LogP contribution in [0.15, 0.2) is 83.9 Å². The molecule has 0 heterocycles. The fourth-order valence-corrected chi connectivity index (χ4v) is 41.7. The van der Waals surface area contributed by atoms with Crippen LogP contribution in [0, 0.1) is 11.8 Å². The van der Waals surface area contributed by atoms with Crippen molar-refractivity contribution in [3.8, 4) is 22.3 Å². The normalized spacial score (nSPS) is 17.5. The Morgan fingerprint density at radius 3 is 1.28 bits per heavy atom. The van der Waals surface area contributed by atoms with Crippen molar-refractivity contribution in [3.05, 3.63) is 128 Å². The molecule has 4 aromatic carbocycles. The van der Waals surface area contributed by atoms with Crippen LogP contribution in [-0.4, -0.2) is 5.92 Å². The number of hydrogen-bond acceptors (Lipinski definition) is 0. The van der Waals surface area contributed by atoms with Crippen molar-refractivity contribution >= 4 is 35.1 Å². The second kappa shape index (κ2) is 16.9. The third-order valence-electron chi connectivity index (χ3n) is 12.6. The maximum absolute atomic E-state index is 9.02. The van der Waals surface area contributed by atoms with Gasteiger partial charge in [-0.2, -0.15) is 0 Å². The number of benzene rings is 4. The average Bonchev–Trinajstić information content (AvgIpc) is 3.70. The van der Waals surface area contributed by atoms with Crippen molar-refractivity contribution in [1.82, 2.24) is 0 Å². The molecular weight excluding hydrogens is 791 g/mol. The number of halogens is 2. The molecule has 2 aliphatic carbocycles. The van der Waals surface area contributed by atoms with Gasteiger partial charge < -0.3 is 0 Å². The van der Waals surface area contributed by atoms with Crippen LogP contribution in [0.1, 0.15) is 133 Å². The first-order valence-corrected chi connectivity index (χ1v) is 37.6. The van der Waals surface area contributed by atoms with Gasteiger partial charge in [0, 0.05) is 0 Å². The predicted octanol–water partition coefficient (Wildman–Crippen LogP) is 15.7. The number of fused-ring (bicyclic) bond motifs is 2. The minimum absolute atomic E-state index is 0.0928. The fraction of sp³-hybridized carbons (Fsp3) is 0.440. The quantitative estimate of drug-likeness (QED) is 0.105. The second-order valence-corrected chi connectivity index (χ2v) is 60.1. The van der Waals surface area contributed by atoms with Crippen LogP contribution in [0.4, 0.5) is 0 Å². The summed E-state index contributed by atoms with van der Waals surface area (Å²) in [6, 6.07) is 28.1. The molecule has 0 aromatic heterocycles. The van der Waals surface area contributed by atoms with Gasteiger partial charge >= 0.3 is 340 Å². The number of rotatable bonds is 15. The monoisotopic (exact) mass is 853 g/mol. The van der Waals surface area contributed by atoms with E-state index in [1.54, 1.807) is 0 Å². The molecule has 0 saturated carbocycles. The van der Waals surface area contributed by atoms with Crippen LogP contribution >= 0.6 is 17.0 Å². The summed E-state index contributed by atoms with van der Waals surface area (Å²) < 4.78 is 0.186. The van der Waals surface area contributed by atoms with E-state index in [2.05, 4.69) is 153 Å². The Bertz CT molecular complexity index is 1920. The predicted molar refractivity (Wildman–Crippen MR) is 241 cm³/mol. The molecule has 4 aromatic rings. The summed E-state index contributed by atoms with van der Waals surface area (Å²) in [6.07, 6.45) is 13.6. The summed E-state index contributed by atoms with van der Waals surface area (Å²) in [4.78, 5) is 0. The van der Waals surface area contributed by atoms with Gasteiger partial charge in [-0.15, -0.1) is 0 Å². The number of allylic oxidation sites excluding steroid dienone is 2. The molecule has 6 rings (SSSR count). The molecule has 54 heavy (non-hydrogen) atoms. The van der Waals surface area contributed by atoms with Gasteiger partial charge in [0.1, 0.15) is 0 Å². The molecule has 0 amide bonds. The summed E-state index contributed by atoms with van der Waals surface area (Å²) in [7, 11) is 18.0. The van der Waals surface area contributed by atoms with Gasteiger partial charge in [0.15, 0.2) is 0 Å². The minimum atomic E-state index is -5.01. The zero-order chi connectivity index (χ0) is 39.0. The Hall–Kier alpha value is -1.96. The Morgan fingerprint density at radius 2 is 0.944 bits per heavy atom. The van der Waals surface area contributed by atoms with E-state index in [1.165, 1.54) is 77.9 Å². The molecule has 0 saturated heterocycles. The van der Waals surface area contributed by atoms with Gasteiger partial charge in [-0.25, -0.2) is 0 Å². The summed E-state index contributed by atoms with van der Waals surface area (Å²) in [5.74, 6) is -0.699. The van der Waals surface area contributed by atoms with Crippen molar-refractivity contribution in [2.45, 2.75) is 127 Å². The van der Waals surface area contributed by atoms with Crippen molar-refractivity contribution in [1.29, 1.82) is 0 Å². The number of hydrogen-bond donors (Lipinski definition) is 0. The van der Waals surface area contributed by atoms with Gasteiger partial charge in [0.05, 0.1) is 0 Å². The summed E-state index contributed by atoms with van der Waals surface area (Å²) in [5, 5.41) is 0. The van der Waals surface area contributed by atoms with E-state index in [4.69, 9.17) is 17.0 Å². The third kappa shape index (κ3) is 7.34. The molecule has 0 aliphatic heterocycles. The summed E-state index contributed by atoms with van der Waals surface area (Å²) in [6.45, 7) is 23.7. The van der Waals surface area contributed by atoms with Crippen LogP contribution in [-0.2, 0) is 41.2 Å². The van der Waals surface area contributed by atoms with Crippen LogP contribution in [0.25, 0.3) is 34.4 Å². The maximum atomic E-state index is 9.02. The third-order valence-corrected chi connectivity index (χ3v) is 64.5. The van der Waals surface area contributed by atoms with Gasteiger partial charge in [-0.3, -0.25) is 0 Å². The summed E-state index contributed by atoms with van der Waals surface area (Å²) >= 11 is -5.01. The van der Waals surface area contributed by atoms with Gasteiger partial charge in [-0.1, -0.05) is 0 Å². The Kier molecular flexibility index (Phi) is 13.0. The van der Waals surface area contributed by atoms with Gasteiger partial charge in [0.2, 0.25) is 0 Å². The Morgan fingerprint density at radius 1 is 0.556 bits per heavy atom. The molecule has 0 fully saturated rings. The fourth-order valence-electron chi connectivity index (χ4n) is 10.3. The molecule has 2 atom stereocenters. The van der Waals surface area contributed by atoms with Crippen molar-refractivity contribution in [2.75, 3.05) is 0 Å². The standard InChI is InChI=1S/2C24H29.C2H7Si.2ClH.Zr/c2*1-5-9-20-12-13-21-15-18(14-17(3)4)16-23(21)24(20)22-11-8-7-10-19(22)6-2;1-3-2;;;/h2*7-8,10-13,15-17H,5-6,9,14H2,1-4H3;3H,1-2H3;2*1H;/q;;;;;+2/p-2. The molecule has 0 N–H and O–H groups in total. The van der Waals surface area contributed by atoms with Crippen LogP contribution in [0.5, 0.6) is 0 Å². The average molecular weight is 856 g/mol. The van der Waals surface area contributed by atoms with Crippen molar-refractivity contribution in [2.24, 2.45) is 11.8 Å². The van der Waals surface area contributed by atoms with E-state index >= 15 is 0 Å². The molecule has 0 radical (unpaired) electrons. The van der Waals surface area contributed by atoms with Crippen LogP contribution < -0.4 is 0 Å². The van der Waals surface area contributed by atoms with E-state index in [1.807, 2.05) is 0 Å². The van der Waals surface area contributed by atoms with E-state index in [9.17, 15) is 0 Å². The van der Waals surface area contributed by atoms with E-state index in [-0.39, 0.29) is 7.25 Å². The molecular formula is C50H65Cl2SiZr. The van der Waals surface area contributed by atoms with E-state index < -0.39 is 21.5 Å². The van der Waals surface area contributed by atoms with Crippen molar-refractivity contribution < 1.29 is 15.6 Å². The zero-order valence-corrected chi connectivity index (χ0v) is 40.0. The molecule has 4 heteroatoms. The first-order chi connectivity index (χ1) is 25.8. The van der Waals surface area contributed by atoms with Crippen molar-refractivity contribution in [3.63, 3.8) is 0 Å².